The summed E-state index contributed by atoms with van der Waals surface area (Å²) in [6, 6.07) is 6.29. The number of aromatic hydroxyl groups is 1. The molecule has 5 nitrogen and oxygen atoms in total. The molecule has 21 heavy (non-hydrogen) atoms. The Morgan fingerprint density at radius 3 is 2.86 bits per heavy atom. The number of nitrogens with zero attached hydrogens (tertiary/aromatic N) is 1. The molecule has 116 valence electrons. The third kappa shape index (κ3) is 4.44. The van der Waals surface area contributed by atoms with Gasteiger partial charge in [-0.15, -0.1) is 0 Å². The lowest BCUT2D eigenvalue weighted by Crippen LogP contribution is -2.49. The Kier molecular flexibility index (Phi) is 5.59. The lowest BCUT2D eigenvalue weighted by atomic mass is 9.97. The summed E-state index contributed by atoms with van der Waals surface area (Å²) in [5.41, 5.74) is 7.01. The van der Waals surface area contributed by atoms with E-state index in [1.807, 2.05) is 4.90 Å². The molecule has 1 heterocycles. The first-order valence-electron chi connectivity index (χ1n) is 7.41. The zero-order valence-electron chi connectivity index (χ0n) is 12.5. The first-order valence-corrected chi connectivity index (χ1v) is 7.41. The zero-order valence-corrected chi connectivity index (χ0v) is 12.5. The first kappa shape index (κ1) is 15.8. The van der Waals surface area contributed by atoms with Gasteiger partial charge in [-0.25, -0.2) is 0 Å². The molecule has 3 N–H and O–H groups in total. The van der Waals surface area contributed by atoms with E-state index in [0.29, 0.717) is 18.9 Å². The normalized spacial score (nSPS) is 20.3. The average Bonchev–Trinajstić information content (AvgIpc) is 2.49. The van der Waals surface area contributed by atoms with Crippen molar-refractivity contribution in [2.24, 2.45) is 11.7 Å². The molecule has 1 unspecified atom stereocenters. The van der Waals surface area contributed by atoms with E-state index in [-0.39, 0.29) is 11.7 Å². The fraction of sp³-hybridized carbons (Fsp3) is 0.562. The fourth-order valence-corrected chi connectivity index (χ4v) is 2.84. The number of amides is 1. The fourth-order valence-electron chi connectivity index (χ4n) is 2.84. The van der Waals surface area contributed by atoms with Crippen LogP contribution in [0.4, 0.5) is 0 Å². The summed E-state index contributed by atoms with van der Waals surface area (Å²) in [6.45, 7) is 2.20. The number of piperidine rings is 1. The second-order valence-electron chi connectivity index (χ2n) is 5.72. The highest BCUT2D eigenvalue weighted by Crippen LogP contribution is 2.18. The van der Waals surface area contributed by atoms with Gasteiger partial charge in [0.1, 0.15) is 5.75 Å². The van der Waals surface area contributed by atoms with Crippen molar-refractivity contribution < 1.29 is 14.6 Å². The maximum Gasteiger partial charge on any atom is 0.239 e. The molecule has 1 aliphatic heterocycles. The number of nitrogens with two attached hydrogens (primary N) is 1. The monoisotopic (exact) mass is 292 g/mol. The number of phenols is 1. The van der Waals surface area contributed by atoms with Gasteiger partial charge in [-0.1, -0.05) is 12.1 Å². The van der Waals surface area contributed by atoms with Crippen molar-refractivity contribution in [1.29, 1.82) is 0 Å². The number of likely N-dealkylation sites (tertiary alicyclic amines) is 1. The number of carbonyl (C=O) groups excluding carboxylic acids is 1. The second-order valence-corrected chi connectivity index (χ2v) is 5.72. The van der Waals surface area contributed by atoms with Gasteiger partial charge in [-0.05, 0) is 42.9 Å². The second kappa shape index (κ2) is 7.43. The van der Waals surface area contributed by atoms with Crippen LogP contribution in [0.3, 0.4) is 0 Å². The topological polar surface area (TPSA) is 75.8 Å². The molecule has 0 aliphatic carbocycles. The van der Waals surface area contributed by atoms with Crippen LogP contribution in [0.15, 0.2) is 24.3 Å². The van der Waals surface area contributed by atoms with Gasteiger partial charge in [-0.3, -0.25) is 4.79 Å². The van der Waals surface area contributed by atoms with Crippen LogP contribution in [0.5, 0.6) is 5.75 Å². The molecule has 2 atom stereocenters. The van der Waals surface area contributed by atoms with Crippen molar-refractivity contribution in [3.63, 3.8) is 0 Å². The summed E-state index contributed by atoms with van der Waals surface area (Å²) in [5, 5.41) is 9.27. The molecule has 5 heteroatoms. The molecule has 0 radical (unpaired) electrons. The minimum absolute atomic E-state index is 0.00359. The quantitative estimate of drug-likeness (QED) is 0.853. The summed E-state index contributed by atoms with van der Waals surface area (Å²) in [6.07, 6.45) is 2.60. The van der Waals surface area contributed by atoms with Crippen LogP contribution in [-0.4, -0.2) is 48.8 Å². The molecule has 1 aromatic rings. The SMILES string of the molecule is COCC1CCCN(C(=O)[C@H](N)Cc2ccc(O)cc2)C1. The van der Waals surface area contributed by atoms with E-state index in [4.69, 9.17) is 10.5 Å². The van der Waals surface area contributed by atoms with Crippen molar-refractivity contribution in [1.82, 2.24) is 4.90 Å². The van der Waals surface area contributed by atoms with E-state index >= 15 is 0 Å². The Balaban J connectivity index is 1.90. The maximum absolute atomic E-state index is 12.4. The van der Waals surface area contributed by atoms with Gasteiger partial charge in [0.25, 0.3) is 0 Å². The summed E-state index contributed by atoms with van der Waals surface area (Å²) in [4.78, 5) is 14.3. The minimum Gasteiger partial charge on any atom is -0.508 e. The lowest BCUT2D eigenvalue weighted by Gasteiger charge is -2.34. The van der Waals surface area contributed by atoms with Gasteiger partial charge in [0.2, 0.25) is 5.91 Å². The van der Waals surface area contributed by atoms with Gasteiger partial charge in [0.15, 0.2) is 0 Å². The zero-order chi connectivity index (χ0) is 15.2. The van der Waals surface area contributed by atoms with Crippen LogP contribution in [0.2, 0.25) is 0 Å². The highest BCUT2D eigenvalue weighted by molar-refractivity contribution is 5.82. The van der Waals surface area contributed by atoms with Crippen LogP contribution in [-0.2, 0) is 16.0 Å². The largest absolute Gasteiger partial charge is 0.508 e. The molecular formula is C16H24N2O3. The van der Waals surface area contributed by atoms with Crippen molar-refractivity contribution in [3.8, 4) is 5.75 Å². The highest BCUT2D eigenvalue weighted by Gasteiger charge is 2.27. The van der Waals surface area contributed by atoms with Gasteiger partial charge < -0.3 is 20.5 Å². The summed E-state index contributed by atoms with van der Waals surface area (Å²) in [7, 11) is 1.69. The van der Waals surface area contributed by atoms with Crippen molar-refractivity contribution in [3.05, 3.63) is 29.8 Å². The average molecular weight is 292 g/mol. The molecule has 2 rings (SSSR count). The lowest BCUT2D eigenvalue weighted by molar-refractivity contribution is -0.134. The number of rotatable bonds is 5. The maximum atomic E-state index is 12.4. The molecule has 0 bridgehead atoms. The number of hydrogen-bond donors (Lipinski definition) is 2. The van der Waals surface area contributed by atoms with Gasteiger partial charge >= 0.3 is 0 Å². The Hall–Kier alpha value is -1.59. The molecule has 1 amide bonds. The van der Waals surface area contributed by atoms with Crippen molar-refractivity contribution in [2.45, 2.75) is 25.3 Å². The molecule has 1 fully saturated rings. The predicted molar refractivity (Wildman–Crippen MR) is 81.0 cm³/mol. The highest BCUT2D eigenvalue weighted by atomic mass is 16.5. The number of carbonyl (C=O) groups is 1. The van der Waals surface area contributed by atoms with Crippen LogP contribution >= 0.6 is 0 Å². The molecule has 1 saturated heterocycles. The van der Waals surface area contributed by atoms with Crippen molar-refractivity contribution >= 4 is 5.91 Å². The molecular weight excluding hydrogens is 268 g/mol. The Morgan fingerprint density at radius 1 is 1.48 bits per heavy atom. The number of benzene rings is 1. The first-order chi connectivity index (χ1) is 10.1. The van der Waals surface area contributed by atoms with E-state index in [0.717, 1.165) is 31.5 Å². The summed E-state index contributed by atoms with van der Waals surface area (Å²) < 4.78 is 5.18. The minimum atomic E-state index is -0.532. The van der Waals surface area contributed by atoms with Crippen LogP contribution in [0.1, 0.15) is 18.4 Å². The van der Waals surface area contributed by atoms with Gasteiger partial charge in [0.05, 0.1) is 12.6 Å². The van der Waals surface area contributed by atoms with Gasteiger partial charge in [-0.2, -0.15) is 0 Å². The third-order valence-electron chi connectivity index (χ3n) is 3.94. The Bertz CT molecular complexity index is 459. The van der Waals surface area contributed by atoms with Gasteiger partial charge in [0, 0.05) is 20.2 Å². The van der Waals surface area contributed by atoms with E-state index in [9.17, 15) is 9.90 Å². The predicted octanol–water partition coefficient (Wildman–Crippen LogP) is 1.15. The van der Waals surface area contributed by atoms with Crippen LogP contribution < -0.4 is 5.73 Å². The number of methoxy groups -OCH3 is 1. The summed E-state index contributed by atoms with van der Waals surface area (Å²) in [5.74, 6) is 0.634. The molecule has 0 aromatic heterocycles. The van der Waals surface area contributed by atoms with E-state index < -0.39 is 6.04 Å². The molecule has 0 spiro atoms. The number of phenolic OH excluding ortho intramolecular Hbond substituents is 1. The molecule has 1 aliphatic rings. The van der Waals surface area contributed by atoms with Crippen LogP contribution in [0.25, 0.3) is 0 Å². The van der Waals surface area contributed by atoms with Crippen LogP contribution in [0, 0.1) is 5.92 Å². The Morgan fingerprint density at radius 2 is 2.19 bits per heavy atom. The van der Waals surface area contributed by atoms with E-state index in [2.05, 4.69) is 0 Å². The van der Waals surface area contributed by atoms with E-state index in [1.165, 1.54) is 0 Å². The molecule has 0 saturated carbocycles. The Labute approximate surface area is 125 Å². The molecule has 1 aromatic carbocycles. The standard InChI is InChI=1S/C16H24N2O3/c1-21-11-13-3-2-8-18(10-13)16(20)15(17)9-12-4-6-14(19)7-5-12/h4-7,13,15,19H,2-3,8-11,17H2,1H3/t13?,15-/m1/s1. The third-order valence-corrected chi connectivity index (χ3v) is 3.94. The smallest absolute Gasteiger partial charge is 0.239 e. The number of ether oxygens (including phenoxy) is 1. The van der Waals surface area contributed by atoms with Crippen molar-refractivity contribution in [2.75, 3.05) is 26.8 Å². The van der Waals surface area contributed by atoms with E-state index in [1.54, 1.807) is 31.4 Å². The number of hydrogen-bond acceptors (Lipinski definition) is 4. The summed E-state index contributed by atoms with van der Waals surface area (Å²) >= 11 is 0.